The van der Waals surface area contributed by atoms with E-state index in [1.807, 2.05) is 24.9 Å². The number of allylic oxidation sites excluding steroid dienone is 1. The highest BCUT2D eigenvalue weighted by molar-refractivity contribution is 8.00. The first-order valence-electron chi connectivity index (χ1n) is 11.7. The van der Waals surface area contributed by atoms with Crippen molar-refractivity contribution in [2.45, 2.75) is 30.6 Å². The van der Waals surface area contributed by atoms with Gasteiger partial charge < -0.3 is 14.4 Å². The molecule has 3 N–H and O–H groups in total. The minimum absolute atomic E-state index is 0.0942. The van der Waals surface area contributed by atoms with E-state index in [9.17, 15) is 14.4 Å². The van der Waals surface area contributed by atoms with Crippen LogP contribution in [0.5, 0.6) is 5.75 Å². The molecular formula is C25H31N3O6S2. The average molecular weight is 534 g/mol. The van der Waals surface area contributed by atoms with Gasteiger partial charge in [-0.15, -0.1) is 23.5 Å². The first-order chi connectivity index (χ1) is 17.3. The van der Waals surface area contributed by atoms with Gasteiger partial charge in [0.05, 0.1) is 34.8 Å². The second-order valence-corrected chi connectivity index (χ2v) is 10.7. The molecule has 0 spiro atoms. The number of Topliss-reactive ketones (excluding diaryl/α,β-unsaturated/α-hetero) is 2. The molecule has 0 bridgehead atoms. The van der Waals surface area contributed by atoms with E-state index in [1.54, 1.807) is 36.7 Å². The van der Waals surface area contributed by atoms with Crippen molar-refractivity contribution in [2.24, 2.45) is 11.8 Å². The lowest BCUT2D eigenvalue weighted by Gasteiger charge is -2.23. The minimum Gasteiger partial charge on any atom is -0.480 e. The average Bonchev–Trinajstić information content (AvgIpc) is 3.27. The van der Waals surface area contributed by atoms with E-state index in [0.29, 0.717) is 17.9 Å². The van der Waals surface area contributed by atoms with E-state index in [0.717, 1.165) is 26.9 Å². The zero-order valence-electron chi connectivity index (χ0n) is 20.5. The van der Waals surface area contributed by atoms with Crippen LogP contribution in [0, 0.1) is 17.2 Å². The van der Waals surface area contributed by atoms with Gasteiger partial charge >= 0.3 is 5.97 Å². The number of benzene rings is 1. The number of hydrogen-bond donors (Lipinski definition) is 3. The number of ketones is 2. The smallest absolute Gasteiger partial charge is 0.344 e. The fraction of sp³-hybridized carbons (Fsp3) is 0.440. The SMILES string of the molecule is CCOC(=O)COc1c(SCC)cc(C(=O)CN2C=C3C=CC(C(=N)NO)C(=O)C3C2)cc1SCC. The molecule has 2 atom stereocenters. The monoisotopic (exact) mass is 533 g/mol. The van der Waals surface area contributed by atoms with Crippen molar-refractivity contribution in [3.05, 3.63) is 41.6 Å². The predicted molar refractivity (Wildman–Crippen MR) is 139 cm³/mol. The third-order valence-electron chi connectivity index (χ3n) is 5.64. The second kappa shape index (κ2) is 13.0. The Hall–Kier alpha value is -2.76. The van der Waals surface area contributed by atoms with E-state index in [-0.39, 0.29) is 37.2 Å². The minimum atomic E-state index is -0.822. The number of nitrogens with zero attached hydrogens (tertiary/aromatic N) is 1. The Morgan fingerprint density at radius 3 is 2.44 bits per heavy atom. The number of nitrogens with one attached hydrogen (secondary N) is 2. The van der Waals surface area contributed by atoms with Crippen LogP contribution in [-0.4, -0.2) is 71.3 Å². The number of amidine groups is 1. The Morgan fingerprint density at radius 2 is 1.86 bits per heavy atom. The van der Waals surface area contributed by atoms with Gasteiger partial charge in [-0.1, -0.05) is 26.0 Å². The van der Waals surface area contributed by atoms with Gasteiger partial charge in [0.2, 0.25) is 0 Å². The summed E-state index contributed by atoms with van der Waals surface area (Å²) in [6, 6.07) is 3.59. The lowest BCUT2D eigenvalue weighted by atomic mass is 9.83. The standard InChI is InChI=1S/C25H31N3O6S2/c1-4-33-22(30)14-34-24-20(35-5-2)9-16(10-21(24)36-6-3)19(29)13-28-11-15-7-8-17(25(26)27-32)23(31)18(15)12-28/h7-11,17-18,32H,4-6,12-14H2,1-3H3,(H2,26,27). The molecule has 2 aliphatic rings. The lowest BCUT2D eigenvalue weighted by Crippen LogP contribution is -2.39. The zero-order chi connectivity index (χ0) is 26.2. The van der Waals surface area contributed by atoms with Crippen molar-refractivity contribution in [1.82, 2.24) is 10.4 Å². The summed E-state index contributed by atoms with van der Waals surface area (Å²) >= 11 is 3.07. The van der Waals surface area contributed by atoms with Crippen LogP contribution in [0.3, 0.4) is 0 Å². The summed E-state index contributed by atoms with van der Waals surface area (Å²) in [5.41, 5.74) is 3.08. The van der Waals surface area contributed by atoms with Gasteiger partial charge in [-0.2, -0.15) is 0 Å². The van der Waals surface area contributed by atoms with Gasteiger partial charge in [0, 0.05) is 18.3 Å². The summed E-state index contributed by atoms with van der Waals surface area (Å²) in [4.78, 5) is 41.3. The molecule has 36 heavy (non-hydrogen) atoms. The van der Waals surface area contributed by atoms with Crippen molar-refractivity contribution < 1.29 is 29.1 Å². The van der Waals surface area contributed by atoms with Crippen LogP contribution in [0.15, 0.2) is 45.8 Å². The molecule has 0 fully saturated rings. The van der Waals surface area contributed by atoms with Crippen LogP contribution in [-0.2, 0) is 14.3 Å². The Balaban J connectivity index is 1.78. The first kappa shape index (κ1) is 27.8. The van der Waals surface area contributed by atoms with E-state index in [2.05, 4.69) is 0 Å². The number of esters is 1. The van der Waals surface area contributed by atoms with Gasteiger partial charge in [0.1, 0.15) is 11.6 Å². The predicted octanol–water partition coefficient (Wildman–Crippen LogP) is 3.56. The summed E-state index contributed by atoms with van der Waals surface area (Å²) in [7, 11) is 0. The lowest BCUT2D eigenvalue weighted by molar-refractivity contribution is -0.145. The highest BCUT2D eigenvalue weighted by atomic mass is 32.2. The highest BCUT2D eigenvalue weighted by Gasteiger charge is 2.38. The van der Waals surface area contributed by atoms with Gasteiger partial charge in [0.15, 0.2) is 18.2 Å². The molecule has 0 saturated carbocycles. The summed E-state index contributed by atoms with van der Waals surface area (Å²) in [5, 5.41) is 16.7. The molecule has 9 nitrogen and oxygen atoms in total. The quantitative estimate of drug-likeness (QED) is 0.0916. The Bertz CT molecular complexity index is 1060. The summed E-state index contributed by atoms with van der Waals surface area (Å²) < 4.78 is 10.8. The van der Waals surface area contributed by atoms with Crippen molar-refractivity contribution in [3.63, 3.8) is 0 Å². The van der Waals surface area contributed by atoms with Gasteiger partial charge in [-0.3, -0.25) is 25.7 Å². The van der Waals surface area contributed by atoms with Gasteiger partial charge in [0.25, 0.3) is 0 Å². The van der Waals surface area contributed by atoms with Crippen LogP contribution < -0.4 is 10.2 Å². The van der Waals surface area contributed by atoms with E-state index in [4.69, 9.17) is 20.1 Å². The second-order valence-electron chi connectivity index (χ2n) is 8.06. The molecular weight excluding hydrogens is 502 g/mol. The van der Waals surface area contributed by atoms with E-state index >= 15 is 0 Å². The zero-order valence-corrected chi connectivity index (χ0v) is 22.2. The van der Waals surface area contributed by atoms with Crippen LogP contribution in [0.2, 0.25) is 0 Å². The number of hydrogen-bond acceptors (Lipinski definition) is 10. The maximum absolute atomic E-state index is 13.3. The molecule has 1 aromatic rings. The van der Waals surface area contributed by atoms with Crippen LogP contribution in [0.25, 0.3) is 0 Å². The third-order valence-corrected chi connectivity index (χ3v) is 7.45. The molecule has 11 heteroatoms. The first-order valence-corrected chi connectivity index (χ1v) is 13.7. The summed E-state index contributed by atoms with van der Waals surface area (Å²) in [6.07, 6.45) is 5.16. The summed E-state index contributed by atoms with van der Waals surface area (Å²) in [6.45, 7) is 6.25. The Kier molecular flexibility index (Phi) is 10.0. The van der Waals surface area contributed by atoms with Crippen LogP contribution in [0.1, 0.15) is 31.1 Å². The van der Waals surface area contributed by atoms with Crippen molar-refractivity contribution in [3.8, 4) is 5.75 Å². The molecule has 1 aliphatic carbocycles. The maximum atomic E-state index is 13.3. The molecule has 194 valence electrons. The topological polar surface area (TPSA) is 129 Å². The Labute approximate surface area is 219 Å². The number of carbonyl (C=O) groups excluding carboxylic acids is 3. The van der Waals surface area contributed by atoms with E-state index < -0.39 is 17.8 Å². The van der Waals surface area contributed by atoms with Crippen molar-refractivity contribution in [1.29, 1.82) is 5.41 Å². The third kappa shape index (κ3) is 6.51. The number of carbonyl (C=O) groups is 3. The molecule has 0 saturated heterocycles. The molecule has 1 aliphatic heterocycles. The number of ether oxygens (including phenoxy) is 2. The van der Waals surface area contributed by atoms with Gasteiger partial charge in [-0.25, -0.2) is 4.79 Å². The Morgan fingerprint density at radius 1 is 1.19 bits per heavy atom. The van der Waals surface area contributed by atoms with Crippen LogP contribution in [0.4, 0.5) is 0 Å². The number of fused-ring (bicyclic) bond motifs is 1. The number of rotatable bonds is 12. The maximum Gasteiger partial charge on any atom is 0.344 e. The molecule has 0 radical (unpaired) electrons. The molecule has 1 aromatic carbocycles. The number of hydroxylamine groups is 1. The van der Waals surface area contributed by atoms with E-state index in [1.165, 1.54) is 23.5 Å². The molecule has 0 amide bonds. The van der Waals surface area contributed by atoms with Crippen molar-refractivity contribution >= 4 is 46.9 Å². The highest BCUT2D eigenvalue weighted by Crippen LogP contribution is 2.40. The molecule has 2 unspecified atom stereocenters. The van der Waals surface area contributed by atoms with Gasteiger partial charge in [-0.05, 0) is 36.1 Å². The largest absolute Gasteiger partial charge is 0.480 e. The summed E-state index contributed by atoms with van der Waals surface area (Å²) in [5.74, 6) is -0.168. The van der Waals surface area contributed by atoms with Crippen molar-refractivity contribution in [2.75, 3.05) is 37.8 Å². The molecule has 3 rings (SSSR count). The molecule has 1 heterocycles. The number of thioether (sulfide) groups is 2. The van der Waals surface area contributed by atoms with Crippen LogP contribution >= 0.6 is 23.5 Å². The molecule has 0 aromatic heterocycles. The normalized spacial score (nSPS) is 18.5. The fourth-order valence-electron chi connectivity index (χ4n) is 4.06. The fourth-order valence-corrected chi connectivity index (χ4v) is 5.77.